The summed E-state index contributed by atoms with van der Waals surface area (Å²) in [5.41, 5.74) is 11.3. The van der Waals surface area contributed by atoms with Crippen molar-refractivity contribution >= 4 is 81.2 Å². The van der Waals surface area contributed by atoms with E-state index in [1.165, 1.54) is 0 Å². The minimum absolute atomic E-state index is 0.139. The highest BCUT2D eigenvalue weighted by Gasteiger charge is 2.39. The summed E-state index contributed by atoms with van der Waals surface area (Å²) >= 11 is 0. The van der Waals surface area contributed by atoms with Gasteiger partial charge in [-0.1, -0.05) is 6.07 Å². The van der Waals surface area contributed by atoms with Crippen molar-refractivity contribution in [3.05, 3.63) is 76.9 Å². The van der Waals surface area contributed by atoms with Crippen LogP contribution in [-0.4, -0.2) is 135 Å². The zero-order valence-electron chi connectivity index (χ0n) is 40.3. The van der Waals surface area contributed by atoms with E-state index >= 15 is 0 Å². The molecule has 6 rings (SSSR count). The summed E-state index contributed by atoms with van der Waals surface area (Å²) in [6.07, 6.45) is -14.0. The van der Waals surface area contributed by atoms with Gasteiger partial charge < -0.3 is 40.4 Å². The largest absolute Gasteiger partial charge is 0.490 e. The molecule has 0 radical (unpaired) electrons. The number of carboxylic acid groups (broad SMARTS) is 3. The zero-order valence-corrected chi connectivity index (χ0v) is 40.3. The number of aliphatic carboxylic acids is 3. The number of alkyl halides is 9. The molecule has 4 aromatic heterocycles. The van der Waals surface area contributed by atoms with Gasteiger partial charge in [0.05, 0.1) is 40.2 Å². The van der Waals surface area contributed by atoms with Crippen LogP contribution in [-0.2, 0) is 45.4 Å². The smallest absolute Gasteiger partial charge is 0.475 e. The number of aryl methyl sites for hydroxylation is 6. The number of nitrogens with two attached hydrogens (primary N) is 1. The Morgan fingerprint density at radius 1 is 0.653 bits per heavy atom. The van der Waals surface area contributed by atoms with Gasteiger partial charge in [-0.25, -0.2) is 24.4 Å². The van der Waals surface area contributed by atoms with Gasteiger partial charge in [-0.3, -0.25) is 39.2 Å². The van der Waals surface area contributed by atoms with Crippen molar-refractivity contribution in [2.24, 2.45) is 5.73 Å². The topological polar surface area (TPSA) is 317 Å². The third-order valence-corrected chi connectivity index (χ3v) is 9.91. The molecule has 6 aromatic rings. The number of anilines is 3. The number of fused-ring (bicyclic) bond motifs is 2. The Morgan fingerprint density at radius 2 is 1.08 bits per heavy atom. The predicted molar refractivity (Wildman–Crippen MR) is 247 cm³/mol. The van der Waals surface area contributed by atoms with Gasteiger partial charge in [0.1, 0.15) is 16.9 Å². The number of benzene rings is 2. The molecular formula is C43H48F9N13O10. The standard InChI is InChI=1S/C37H45N13O4.3C2HF3O2/c1-7-49-29(18-22(3)44-49)34(53)42-36-40-25-20-24(33(38)52)14-15-26(25)47(36)16-9-10-17-48-28-13-11-12-27(46(6)31(51)21-39-5)32(28)41-37(48)43-35(54)30-19-23(4)45-50(30)8-2;3*3-2(4,5)1(6)7/h11-15,18-20,39H,7-10,16-17,21H2,1-6H3,(H2,38,52)(H,40,42,53)(H,41,43,54);3*(H,6,7). The number of hydrogen-bond donors (Lipinski definition) is 7. The number of hydrogen-bond acceptors (Lipinski definition) is 12. The molecular weight excluding hydrogens is 1030 g/mol. The lowest BCUT2D eigenvalue weighted by Gasteiger charge is -2.17. The molecule has 0 fully saturated rings. The monoisotopic (exact) mass is 1080 g/mol. The second-order valence-corrected chi connectivity index (χ2v) is 15.4. The molecule has 2 aromatic carbocycles. The number of aromatic nitrogens is 8. The van der Waals surface area contributed by atoms with Gasteiger partial charge in [0.25, 0.3) is 11.8 Å². The number of primary amides is 1. The quantitative estimate of drug-likeness (QED) is 0.0486. The van der Waals surface area contributed by atoms with E-state index in [0.29, 0.717) is 84.6 Å². The summed E-state index contributed by atoms with van der Waals surface area (Å²) in [5, 5.41) is 39.0. The first-order valence-electron chi connectivity index (χ1n) is 21.6. The van der Waals surface area contributed by atoms with Crippen LogP contribution < -0.4 is 26.6 Å². The van der Waals surface area contributed by atoms with Gasteiger partial charge in [0, 0.05) is 38.8 Å². The van der Waals surface area contributed by atoms with Crippen molar-refractivity contribution in [3.63, 3.8) is 0 Å². The normalized spacial score (nSPS) is 11.3. The van der Waals surface area contributed by atoms with Crippen molar-refractivity contribution in [1.82, 2.24) is 44.0 Å². The molecule has 0 aliphatic heterocycles. The summed E-state index contributed by atoms with van der Waals surface area (Å²) in [6, 6.07) is 14.1. The number of carbonyl (C=O) groups excluding carboxylic acids is 4. The van der Waals surface area contributed by atoms with Gasteiger partial charge in [-0.2, -0.15) is 49.7 Å². The molecule has 0 unspecified atom stereocenters. The molecule has 0 saturated heterocycles. The molecule has 0 bridgehead atoms. The number of amides is 4. The number of carbonyl (C=O) groups is 7. The van der Waals surface area contributed by atoms with E-state index in [1.54, 1.807) is 58.7 Å². The Bertz CT molecular complexity index is 2990. The molecule has 0 aliphatic carbocycles. The van der Waals surface area contributed by atoms with Crippen molar-refractivity contribution in [3.8, 4) is 0 Å². The lowest BCUT2D eigenvalue weighted by Crippen LogP contribution is -2.34. The first kappa shape index (κ1) is 60.7. The fourth-order valence-electron chi connectivity index (χ4n) is 6.54. The Hall–Kier alpha value is -8.58. The maximum atomic E-state index is 13.6. The minimum atomic E-state index is -5.08. The SMILES string of the molecule is CCn1nc(C)cc1C(=O)Nc1nc2cc(C(N)=O)ccc2n1CCCCn1c(NC(=O)c2cc(C)nn2CC)nc2c(N(C)C(=O)CNC)cccc21.O=C(O)C(F)(F)F.O=C(O)C(F)(F)F.O=C(O)C(F)(F)F. The second-order valence-electron chi connectivity index (χ2n) is 15.4. The van der Waals surface area contributed by atoms with Crippen LogP contribution in [0.3, 0.4) is 0 Å². The lowest BCUT2D eigenvalue weighted by atomic mass is 10.2. The zero-order chi connectivity index (χ0) is 56.9. The summed E-state index contributed by atoms with van der Waals surface area (Å²) in [7, 11) is 3.41. The molecule has 8 N–H and O–H groups in total. The third kappa shape index (κ3) is 16.5. The van der Waals surface area contributed by atoms with Crippen LogP contribution in [0.25, 0.3) is 22.1 Å². The predicted octanol–water partition coefficient (Wildman–Crippen LogP) is 5.60. The van der Waals surface area contributed by atoms with Gasteiger partial charge in [0.2, 0.25) is 23.7 Å². The number of halogens is 9. The highest BCUT2D eigenvalue weighted by Crippen LogP contribution is 2.30. The molecule has 4 amide bonds. The molecule has 0 saturated carbocycles. The fourth-order valence-corrected chi connectivity index (χ4v) is 6.54. The van der Waals surface area contributed by atoms with E-state index in [2.05, 4.69) is 31.1 Å². The number of nitrogens with zero attached hydrogens (tertiary/aromatic N) is 9. The van der Waals surface area contributed by atoms with E-state index in [4.69, 9.17) is 40.4 Å². The summed E-state index contributed by atoms with van der Waals surface area (Å²) < 4.78 is 102. The van der Waals surface area contributed by atoms with Crippen molar-refractivity contribution < 1.29 is 88.4 Å². The molecule has 0 spiro atoms. The van der Waals surface area contributed by atoms with E-state index in [-0.39, 0.29) is 24.3 Å². The minimum Gasteiger partial charge on any atom is -0.475 e. The number of likely N-dealkylation sites (N-methyl/N-ethyl adjacent to an activating group) is 2. The van der Waals surface area contributed by atoms with Crippen LogP contribution >= 0.6 is 0 Å². The highest BCUT2D eigenvalue weighted by atomic mass is 19.4. The van der Waals surface area contributed by atoms with Crippen LogP contribution in [0, 0.1) is 13.8 Å². The van der Waals surface area contributed by atoms with Crippen LogP contribution in [0.5, 0.6) is 0 Å². The highest BCUT2D eigenvalue weighted by molar-refractivity contribution is 6.06. The number of unbranched alkanes of at least 4 members (excludes halogenated alkanes) is 1. The molecule has 0 atom stereocenters. The average Bonchev–Trinajstić information content (AvgIpc) is 4.08. The number of nitrogens with one attached hydrogen (secondary N) is 3. The van der Waals surface area contributed by atoms with Gasteiger partial charge in [-0.05, 0) is 90.0 Å². The third-order valence-electron chi connectivity index (χ3n) is 9.91. The summed E-state index contributed by atoms with van der Waals surface area (Å²) in [6.45, 7) is 9.60. The van der Waals surface area contributed by atoms with Crippen molar-refractivity contribution in [2.75, 3.05) is 36.2 Å². The van der Waals surface area contributed by atoms with Crippen LogP contribution in [0.2, 0.25) is 0 Å². The number of carboxylic acids is 3. The Morgan fingerprint density at radius 3 is 1.48 bits per heavy atom. The maximum absolute atomic E-state index is 13.6. The van der Waals surface area contributed by atoms with Crippen LogP contribution in [0.4, 0.5) is 57.1 Å². The van der Waals surface area contributed by atoms with Crippen LogP contribution in [0.15, 0.2) is 48.5 Å². The second kappa shape index (κ2) is 25.4. The molecule has 0 aliphatic rings. The first-order chi connectivity index (χ1) is 34.8. The molecule has 4 heterocycles. The number of imidazole rings is 2. The summed E-state index contributed by atoms with van der Waals surface area (Å²) in [4.78, 5) is 89.7. The molecule has 408 valence electrons. The summed E-state index contributed by atoms with van der Waals surface area (Å²) in [5.74, 6) is -9.04. The van der Waals surface area contributed by atoms with E-state index < -0.39 is 42.3 Å². The van der Waals surface area contributed by atoms with E-state index in [9.17, 15) is 58.7 Å². The Kier molecular flexibility index (Phi) is 20.6. The molecule has 75 heavy (non-hydrogen) atoms. The maximum Gasteiger partial charge on any atom is 0.490 e. The van der Waals surface area contributed by atoms with Crippen molar-refractivity contribution in [2.45, 2.75) is 85.2 Å². The van der Waals surface area contributed by atoms with Gasteiger partial charge in [-0.15, -0.1) is 0 Å². The van der Waals surface area contributed by atoms with Gasteiger partial charge >= 0.3 is 36.4 Å². The van der Waals surface area contributed by atoms with Crippen LogP contribution in [0.1, 0.15) is 69.4 Å². The average molecular weight is 1080 g/mol. The van der Waals surface area contributed by atoms with E-state index in [0.717, 1.165) is 22.4 Å². The fraction of sp³-hybridized carbons (Fsp3) is 0.372. The lowest BCUT2D eigenvalue weighted by molar-refractivity contribution is -0.193. The van der Waals surface area contributed by atoms with Gasteiger partial charge in [0.15, 0.2) is 0 Å². The molecule has 23 nitrogen and oxygen atoms in total. The Labute approximate surface area is 417 Å². The van der Waals surface area contributed by atoms with E-state index in [1.807, 2.05) is 55.0 Å². The molecule has 32 heteroatoms. The first-order valence-corrected chi connectivity index (χ1v) is 21.6. The number of rotatable bonds is 15. The van der Waals surface area contributed by atoms with Crippen molar-refractivity contribution in [1.29, 1.82) is 0 Å². The number of para-hydroxylation sites is 1. The Balaban J connectivity index is 0.000000592.